The predicted octanol–water partition coefficient (Wildman–Crippen LogP) is 7.79. The van der Waals surface area contributed by atoms with E-state index in [1.807, 2.05) is 158 Å². The summed E-state index contributed by atoms with van der Waals surface area (Å²) in [5.74, 6) is 0. The Labute approximate surface area is 258 Å². The molecule has 2 nitrogen and oxygen atoms in total. The van der Waals surface area contributed by atoms with E-state index in [4.69, 9.17) is 0 Å². The van der Waals surface area contributed by atoms with E-state index in [0.29, 0.717) is 10.6 Å². The van der Waals surface area contributed by atoms with Crippen LogP contribution in [-0.2, 0) is 9.13 Å². The third-order valence-electron chi connectivity index (χ3n) is 8.21. The topological polar surface area (TPSA) is 34.1 Å². The smallest absolute Gasteiger partial charge is 0.171 e. The molecule has 0 saturated heterocycles. The minimum Gasteiger partial charge on any atom is -0.309 e. The Morgan fingerprint density at radius 1 is 0.318 bits per heavy atom. The molecule has 44 heavy (non-hydrogen) atoms. The minimum atomic E-state index is -3.38. The van der Waals surface area contributed by atoms with Crippen LogP contribution in [0, 0.1) is 0 Å². The quantitative estimate of drug-likeness (QED) is 0.174. The Balaban J connectivity index is 1.60. The molecule has 0 heterocycles. The summed E-state index contributed by atoms with van der Waals surface area (Å²) < 4.78 is 31.5. The van der Waals surface area contributed by atoms with Gasteiger partial charge in [-0.1, -0.05) is 164 Å². The van der Waals surface area contributed by atoms with Gasteiger partial charge in [-0.15, -0.1) is 0 Å². The highest BCUT2D eigenvalue weighted by atomic mass is 31.2. The van der Waals surface area contributed by atoms with Gasteiger partial charge in [-0.3, -0.25) is 0 Å². The Morgan fingerprint density at radius 3 is 1.11 bits per heavy atom. The third-order valence-corrected chi connectivity index (χ3v) is 14.3. The molecule has 0 radical (unpaired) electrons. The van der Waals surface area contributed by atoms with Crippen molar-refractivity contribution in [3.63, 3.8) is 0 Å². The fourth-order valence-electron chi connectivity index (χ4n) is 6.04. The first-order valence-corrected chi connectivity index (χ1v) is 18.1. The summed E-state index contributed by atoms with van der Waals surface area (Å²) in [6, 6.07) is 59.2. The van der Waals surface area contributed by atoms with E-state index < -0.39 is 14.3 Å². The molecule has 0 aliphatic heterocycles. The van der Waals surface area contributed by atoms with Crippen LogP contribution in [0.1, 0.15) is 0 Å². The van der Waals surface area contributed by atoms with Crippen molar-refractivity contribution in [3.05, 3.63) is 182 Å². The van der Waals surface area contributed by atoms with E-state index in [1.165, 1.54) is 0 Å². The van der Waals surface area contributed by atoms with Crippen molar-refractivity contribution in [2.45, 2.75) is 0 Å². The lowest BCUT2D eigenvalue weighted by Gasteiger charge is -2.25. The highest BCUT2D eigenvalue weighted by molar-refractivity contribution is 7.86. The van der Waals surface area contributed by atoms with Crippen LogP contribution >= 0.6 is 14.3 Å². The molecule has 0 amide bonds. The second-order valence-electron chi connectivity index (χ2n) is 10.8. The molecule has 7 rings (SSSR count). The standard InChI is InChI=1S/C40H30O2P2/c41-43(33-18-5-1-6-19-33,34-20-7-2-8-21-34)37-28-32(40-27-15-17-31-16-13-14-26-39(31)40)29-38(30-37)44(42,35-22-9-3-10-23-35)36-24-11-4-12-25-36/h1-30H. The fourth-order valence-corrected chi connectivity index (χ4v) is 11.6. The van der Waals surface area contributed by atoms with Crippen LogP contribution in [0.15, 0.2) is 182 Å². The predicted molar refractivity (Wildman–Crippen MR) is 188 cm³/mol. The second-order valence-corrected chi connectivity index (χ2v) is 16.4. The zero-order valence-corrected chi connectivity index (χ0v) is 25.8. The van der Waals surface area contributed by atoms with Gasteiger partial charge in [-0.05, 0) is 40.1 Å². The van der Waals surface area contributed by atoms with Crippen molar-refractivity contribution in [2.75, 3.05) is 0 Å². The molecule has 0 atom stereocenters. The van der Waals surface area contributed by atoms with Crippen LogP contribution in [0.4, 0.5) is 0 Å². The molecular weight excluding hydrogens is 574 g/mol. The summed E-state index contributed by atoms with van der Waals surface area (Å²) in [7, 11) is -6.77. The Morgan fingerprint density at radius 2 is 0.682 bits per heavy atom. The number of rotatable bonds is 7. The minimum absolute atomic E-state index is 0.655. The number of hydrogen-bond acceptors (Lipinski definition) is 2. The van der Waals surface area contributed by atoms with Crippen molar-refractivity contribution in [1.29, 1.82) is 0 Å². The van der Waals surface area contributed by atoms with Crippen molar-refractivity contribution in [2.24, 2.45) is 0 Å². The van der Waals surface area contributed by atoms with E-state index in [-0.39, 0.29) is 0 Å². The average Bonchev–Trinajstić information content (AvgIpc) is 3.12. The Bertz CT molecular complexity index is 1950. The maximum atomic E-state index is 15.7. The zero-order chi connectivity index (χ0) is 30.0. The van der Waals surface area contributed by atoms with Crippen LogP contribution in [0.5, 0.6) is 0 Å². The van der Waals surface area contributed by atoms with Crippen LogP contribution in [-0.4, -0.2) is 0 Å². The lowest BCUT2D eigenvalue weighted by atomic mass is 9.98. The molecule has 212 valence electrons. The van der Waals surface area contributed by atoms with Crippen molar-refractivity contribution >= 4 is 56.9 Å². The monoisotopic (exact) mass is 604 g/mol. The summed E-state index contributed by atoms with van der Waals surface area (Å²) in [6.45, 7) is 0. The van der Waals surface area contributed by atoms with E-state index in [9.17, 15) is 0 Å². The first-order chi connectivity index (χ1) is 21.6. The SMILES string of the molecule is O=P(c1ccccc1)(c1ccccc1)c1cc(-c2cccc3ccccc23)cc(P(=O)(c2ccccc2)c2ccccc2)c1. The summed E-state index contributed by atoms with van der Waals surface area (Å²) >= 11 is 0. The molecule has 0 bridgehead atoms. The second kappa shape index (κ2) is 11.7. The molecule has 0 N–H and O–H groups in total. The molecule has 0 aromatic heterocycles. The van der Waals surface area contributed by atoms with E-state index in [2.05, 4.69) is 24.3 Å². The summed E-state index contributed by atoms with van der Waals surface area (Å²) in [4.78, 5) is 0. The molecule has 0 aliphatic rings. The zero-order valence-electron chi connectivity index (χ0n) is 24.0. The fraction of sp³-hybridized carbons (Fsp3) is 0. The maximum absolute atomic E-state index is 15.7. The summed E-state index contributed by atoms with van der Waals surface area (Å²) in [6.07, 6.45) is 0. The highest BCUT2D eigenvalue weighted by Crippen LogP contribution is 2.47. The molecule has 0 unspecified atom stereocenters. The van der Waals surface area contributed by atoms with Gasteiger partial charge in [0.15, 0.2) is 14.3 Å². The lowest BCUT2D eigenvalue weighted by molar-refractivity contribution is 0.592. The van der Waals surface area contributed by atoms with Crippen LogP contribution in [0.2, 0.25) is 0 Å². The first kappa shape index (κ1) is 28.1. The maximum Gasteiger partial charge on any atom is 0.171 e. The van der Waals surface area contributed by atoms with Crippen LogP contribution in [0.3, 0.4) is 0 Å². The summed E-state index contributed by atoms with van der Waals surface area (Å²) in [5, 5.41) is 6.46. The van der Waals surface area contributed by atoms with Crippen molar-refractivity contribution in [1.82, 2.24) is 0 Å². The molecule has 7 aromatic rings. The number of fused-ring (bicyclic) bond motifs is 1. The molecule has 0 aliphatic carbocycles. The lowest BCUT2D eigenvalue weighted by Crippen LogP contribution is -2.30. The molecule has 0 fully saturated rings. The molecule has 0 saturated carbocycles. The molecular formula is C40H30O2P2. The van der Waals surface area contributed by atoms with Gasteiger partial charge in [0.05, 0.1) is 0 Å². The van der Waals surface area contributed by atoms with E-state index in [0.717, 1.165) is 43.1 Å². The van der Waals surface area contributed by atoms with Crippen LogP contribution in [0.25, 0.3) is 21.9 Å². The van der Waals surface area contributed by atoms with Gasteiger partial charge < -0.3 is 9.13 Å². The van der Waals surface area contributed by atoms with Gasteiger partial charge in [-0.2, -0.15) is 0 Å². The summed E-state index contributed by atoms with van der Waals surface area (Å²) in [5.41, 5.74) is 1.89. The van der Waals surface area contributed by atoms with E-state index in [1.54, 1.807) is 0 Å². The van der Waals surface area contributed by atoms with Gasteiger partial charge in [-0.25, -0.2) is 0 Å². The van der Waals surface area contributed by atoms with Crippen LogP contribution < -0.4 is 31.8 Å². The normalized spacial score (nSPS) is 11.8. The number of hydrogen-bond donors (Lipinski definition) is 0. The largest absolute Gasteiger partial charge is 0.309 e. The van der Waals surface area contributed by atoms with Gasteiger partial charge >= 0.3 is 0 Å². The number of benzene rings is 7. The molecule has 7 aromatic carbocycles. The van der Waals surface area contributed by atoms with Gasteiger partial charge in [0.2, 0.25) is 0 Å². The average molecular weight is 605 g/mol. The van der Waals surface area contributed by atoms with Gasteiger partial charge in [0, 0.05) is 31.8 Å². The molecule has 4 heteroatoms. The Kier molecular flexibility index (Phi) is 7.49. The van der Waals surface area contributed by atoms with Crippen molar-refractivity contribution < 1.29 is 9.13 Å². The first-order valence-electron chi connectivity index (χ1n) is 14.7. The highest BCUT2D eigenvalue weighted by Gasteiger charge is 2.35. The van der Waals surface area contributed by atoms with E-state index >= 15 is 9.13 Å². The molecule has 0 spiro atoms. The van der Waals surface area contributed by atoms with Gasteiger partial charge in [0.1, 0.15) is 0 Å². The van der Waals surface area contributed by atoms with Crippen molar-refractivity contribution in [3.8, 4) is 11.1 Å². The Hall–Kier alpha value is -4.74. The van der Waals surface area contributed by atoms with Gasteiger partial charge in [0.25, 0.3) is 0 Å². The third kappa shape index (κ3) is 4.87.